The molecular formula is C9H13NNiO4. The minimum absolute atomic E-state index is 0. The van der Waals surface area contributed by atoms with Crippen molar-refractivity contribution in [2.24, 2.45) is 5.73 Å². The third-order valence-electron chi connectivity index (χ3n) is 1.71. The third kappa shape index (κ3) is 5.37. The summed E-state index contributed by atoms with van der Waals surface area (Å²) in [4.78, 5) is 10.4. The van der Waals surface area contributed by atoms with Crippen LogP contribution in [0.4, 0.5) is 0 Å². The van der Waals surface area contributed by atoms with Crippen LogP contribution in [0.2, 0.25) is 0 Å². The third-order valence-corrected chi connectivity index (χ3v) is 1.71. The quantitative estimate of drug-likeness (QED) is 0.635. The van der Waals surface area contributed by atoms with Crippen LogP contribution >= 0.6 is 0 Å². The predicted octanol–water partition coefficient (Wildman–Crippen LogP) is -0.481. The Morgan fingerprint density at radius 1 is 1.33 bits per heavy atom. The first-order valence-electron chi connectivity index (χ1n) is 3.86. The van der Waals surface area contributed by atoms with E-state index in [1.54, 1.807) is 12.1 Å². The van der Waals surface area contributed by atoms with Gasteiger partial charge in [-0.25, -0.2) is 0 Å². The number of carboxylic acids is 1. The number of rotatable bonds is 3. The molecule has 6 N–H and O–H groups in total. The molecule has 0 bridgehead atoms. The molecule has 1 aromatic rings. The van der Waals surface area contributed by atoms with Gasteiger partial charge in [0.2, 0.25) is 0 Å². The van der Waals surface area contributed by atoms with Crippen molar-refractivity contribution in [3.8, 4) is 5.75 Å². The van der Waals surface area contributed by atoms with Gasteiger partial charge in [0.05, 0.1) is 0 Å². The van der Waals surface area contributed by atoms with Gasteiger partial charge in [-0.3, -0.25) is 4.79 Å². The average Bonchev–Trinajstić information content (AvgIpc) is 2.08. The van der Waals surface area contributed by atoms with Gasteiger partial charge in [-0.1, -0.05) is 12.1 Å². The first-order valence-corrected chi connectivity index (χ1v) is 3.86. The summed E-state index contributed by atoms with van der Waals surface area (Å²) in [5.41, 5.74) is 6.12. The zero-order valence-corrected chi connectivity index (χ0v) is 8.78. The Morgan fingerprint density at radius 2 is 1.80 bits per heavy atom. The number of aliphatic carboxylic acids is 1. The smallest absolute Gasteiger partial charge is 0.320 e. The largest absolute Gasteiger partial charge is 0.508 e. The summed E-state index contributed by atoms with van der Waals surface area (Å²) in [6.07, 6.45) is 0.273. The molecule has 1 aromatic carbocycles. The van der Waals surface area contributed by atoms with Crippen LogP contribution in [0.15, 0.2) is 24.3 Å². The molecule has 0 radical (unpaired) electrons. The van der Waals surface area contributed by atoms with E-state index in [1.807, 2.05) is 0 Å². The van der Waals surface area contributed by atoms with Gasteiger partial charge in [-0.2, -0.15) is 0 Å². The molecule has 15 heavy (non-hydrogen) atoms. The monoisotopic (exact) mass is 257 g/mol. The fourth-order valence-electron chi connectivity index (χ4n) is 0.973. The molecule has 0 saturated carbocycles. The molecule has 0 aliphatic rings. The van der Waals surface area contributed by atoms with Gasteiger partial charge in [-0.15, -0.1) is 0 Å². The molecule has 0 unspecified atom stereocenters. The van der Waals surface area contributed by atoms with Crippen LogP contribution in [-0.2, 0) is 27.7 Å². The Morgan fingerprint density at radius 3 is 2.20 bits per heavy atom. The summed E-state index contributed by atoms with van der Waals surface area (Å²) in [6.45, 7) is 0. The average molecular weight is 258 g/mol. The normalized spacial score (nSPS) is 10.7. The Hall–Kier alpha value is -1.10. The topological polar surface area (TPSA) is 115 Å². The molecule has 0 aromatic heterocycles. The summed E-state index contributed by atoms with van der Waals surface area (Å²) >= 11 is 0. The summed E-state index contributed by atoms with van der Waals surface area (Å²) < 4.78 is 0. The number of hydrogen-bond donors (Lipinski definition) is 3. The Balaban J connectivity index is 0. The molecule has 0 amide bonds. The van der Waals surface area contributed by atoms with Gasteiger partial charge in [-0.05, 0) is 24.1 Å². The number of hydrogen-bond acceptors (Lipinski definition) is 3. The molecule has 6 heteroatoms. The zero-order valence-electron chi connectivity index (χ0n) is 7.79. The van der Waals surface area contributed by atoms with E-state index in [4.69, 9.17) is 15.9 Å². The van der Waals surface area contributed by atoms with Crippen LogP contribution in [0, 0.1) is 0 Å². The zero-order chi connectivity index (χ0) is 9.84. The number of carboxylic acid groups (broad SMARTS) is 1. The Bertz CT molecular complexity index is 301. The Kier molecular flexibility index (Phi) is 7.87. The van der Waals surface area contributed by atoms with E-state index in [0.29, 0.717) is 0 Å². The van der Waals surface area contributed by atoms with Crippen molar-refractivity contribution in [1.29, 1.82) is 0 Å². The van der Waals surface area contributed by atoms with Crippen LogP contribution in [-0.4, -0.2) is 27.7 Å². The molecule has 0 aliphatic heterocycles. The van der Waals surface area contributed by atoms with Gasteiger partial charge < -0.3 is 21.4 Å². The molecular weight excluding hydrogens is 245 g/mol. The first kappa shape index (κ1) is 16.3. The molecule has 1 rings (SSSR count). The molecule has 0 spiro atoms. The molecule has 5 nitrogen and oxygen atoms in total. The van der Waals surface area contributed by atoms with Crippen molar-refractivity contribution in [2.45, 2.75) is 12.5 Å². The van der Waals surface area contributed by atoms with Crippen molar-refractivity contribution in [2.75, 3.05) is 0 Å². The van der Waals surface area contributed by atoms with E-state index in [0.717, 1.165) is 5.56 Å². The maximum atomic E-state index is 10.4. The SMILES string of the molecule is N[C@H](Cc1ccc(O)cc1)C(=O)O.O.[Ni]. The van der Waals surface area contributed by atoms with Gasteiger partial charge in [0.25, 0.3) is 0 Å². The molecule has 88 valence electrons. The van der Waals surface area contributed by atoms with Crippen molar-refractivity contribution in [3.05, 3.63) is 29.8 Å². The number of aromatic hydroxyl groups is 1. The summed E-state index contributed by atoms with van der Waals surface area (Å²) in [5, 5.41) is 17.5. The molecule has 0 saturated heterocycles. The van der Waals surface area contributed by atoms with Crippen LogP contribution < -0.4 is 5.73 Å². The van der Waals surface area contributed by atoms with E-state index in [1.165, 1.54) is 12.1 Å². The van der Waals surface area contributed by atoms with Crippen molar-refractivity contribution in [1.82, 2.24) is 0 Å². The minimum Gasteiger partial charge on any atom is -0.508 e. The van der Waals surface area contributed by atoms with E-state index in [2.05, 4.69) is 0 Å². The van der Waals surface area contributed by atoms with Crippen molar-refractivity contribution >= 4 is 5.97 Å². The fraction of sp³-hybridized carbons (Fsp3) is 0.222. The summed E-state index contributed by atoms with van der Waals surface area (Å²) in [5.74, 6) is -0.860. The van der Waals surface area contributed by atoms with E-state index < -0.39 is 12.0 Å². The number of phenols is 1. The second-order valence-corrected chi connectivity index (χ2v) is 2.82. The first-order chi connectivity index (χ1) is 6.09. The van der Waals surface area contributed by atoms with E-state index in [-0.39, 0.29) is 34.1 Å². The van der Waals surface area contributed by atoms with Gasteiger partial charge in [0.1, 0.15) is 11.8 Å². The summed E-state index contributed by atoms with van der Waals surface area (Å²) in [7, 11) is 0. The molecule has 0 heterocycles. The maximum Gasteiger partial charge on any atom is 0.320 e. The van der Waals surface area contributed by atoms with Crippen LogP contribution in [0.25, 0.3) is 0 Å². The van der Waals surface area contributed by atoms with Crippen molar-refractivity contribution < 1.29 is 37.0 Å². The Labute approximate surface area is 97.1 Å². The molecule has 0 aliphatic carbocycles. The molecule has 0 fully saturated rings. The number of carbonyl (C=O) groups is 1. The fourth-order valence-corrected chi connectivity index (χ4v) is 0.973. The van der Waals surface area contributed by atoms with Gasteiger partial charge in [0.15, 0.2) is 0 Å². The number of nitrogens with two attached hydrogens (primary N) is 1. The second-order valence-electron chi connectivity index (χ2n) is 2.82. The standard InChI is InChI=1S/C9H11NO3.Ni.H2O/c10-8(9(12)13)5-6-1-3-7(11)4-2-6;;/h1-4,8,11H,5,10H2,(H,12,13);;1H2/t8-;;/m1../s1. The maximum absolute atomic E-state index is 10.4. The number of phenolic OH excluding ortho intramolecular Hbond substituents is 1. The minimum atomic E-state index is -1.02. The van der Waals surface area contributed by atoms with E-state index >= 15 is 0 Å². The predicted molar refractivity (Wildman–Crippen MR) is 51.0 cm³/mol. The van der Waals surface area contributed by atoms with Crippen LogP contribution in [0.1, 0.15) is 5.56 Å². The number of benzene rings is 1. The van der Waals surface area contributed by atoms with E-state index in [9.17, 15) is 4.79 Å². The summed E-state index contributed by atoms with van der Waals surface area (Å²) in [6, 6.07) is 5.42. The van der Waals surface area contributed by atoms with Gasteiger partial charge in [0, 0.05) is 16.5 Å². The van der Waals surface area contributed by atoms with Crippen LogP contribution in [0.5, 0.6) is 5.75 Å². The van der Waals surface area contributed by atoms with Crippen molar-refractivity contribution in [3.63, 3.8) is 0 Å². The molecule has 1 atom stereocenters. The van der Waals surface area contributed by atoms with Crippen LogP contribution in [0.3, 0.4) is 0 Å². The van der Waals surface area contributed by atoms with Gasteiger partial charge >= 0.3 is 5.97 Å². The second kappa shape index (κ2) is 7.23.